The molecule has 0 aliphatic rings. The summed E-state index contributed by atoms with van der Waals surface area (Å²) in [5, 5.41) is 12.8. The quantitative estimate of drug-likeness (QED) is 0.365. The predicted molar refractivity (Wildman–Crippen MR) is 110 cm³/mol. The van der Waals surface area contributed by atoms with E-state index >= 15 is 0 Å². The second kappa shape index (κ2) is 8.25. The normalized spacial score (nSPS) is 12.2. The molecule has 0 amide bonds. The summed E-state index contributed by atoms with van der Waals surface area (Å²) in [4.78, 5) is 4.45. The highest BCUT2D eigenvalue weighted by molar-refractivity contribution is 7.99. The molecule has 0 bridgehead atoms. The van der Waals surface area contributed by atoms with E-state index in [0.29, 0.717) is 22.6 Å². The number of benzene rings is 2. The number of nitrogens with zero attached hydrogens (tertiary/aromatic N) is 3. The SMILES string of the molecule is Cc1nc(Cc2nnc(SC(c3ccccc3)c3ccc(Cl)cc3)o2)cs1. The molecule has 0 aliphatic heterocycles. The van der Waals surface area contributed by atoms with E-state index in [0.717, 1.165) is 16.3 Å². The molecule has 0 spiro atoms. The van der Waals surface area contributed by atoms with E-state index in [1.54, 1.807) is 11.3 Å². The Morgan fingerprint density at radius 2 is 1.78 bits per heavy atom. The van der Waals surface area contributed by atoms with Crippen LogP contribution in [0.4, 0.5) is 0 Å². The van der Waals surface area contributed by atoms with Gasteiger partial charge in [0.2, 0.25) is 5.89 Å². The zero-order valence-corrected chi connectivity index (χ0v) is 16.9. The van der Waals surface area contributed by atoms with Crippen LogP contribution >= 0.6 is 34.7 Å². The van der Waals surface area contributed by atoms with Gasteiger partial charge in [-0.15, -0.1) is 21.5 Å². The first-order valence-electron chi connectivity index (χ1n) is 8.38. The Morgan fingerprint density at radius 3 is 2.48 bits per heavy atom. The summed E-state index contributed by atoms with van der Waals surface area (Å²) in [6, 6.07) is 18.1. The molecule has 0 aliphatic carbocycles. The fourth-order valence-corrected chi connectivity index (χ4v) is 4.46. The van der Waals surface area contributed by atoms with Crippen molar-refractivity contribution in [3.05, 3.63) is 92.7 Å². The molecular formula is C20H16ClN3OS2. The van der Waals surface area contributed by atoms with Crippen molar-refractivity contribution < 1.29 is 4.42 Å². The van der Waals surface area contributed by atoms with Gasteiger partial charge in [0.25, 0.3) is 5.22 Å². The van der Waals surface area contributed by atoms with E-state index in [2.05, 4.69) is 27.3 Å². The van der Waals surface area contributed by atoms with E-state index in [9.17, 15) is 0 Å². The molecule has 2 aromatic heterocycles. The largest absolute Gasteiger partial charge is 0.416 e. The van der Waals surface area contributed by atoms with Crippen LogP contribution in [0.15, 0.2) is 69.6 Å². The summed E-state index contributed by atoms with van der Waals surface area (Å²) in [7, 11) is 0. The van der Waals surface area contributed by atoms with E-state index in [-0.39, 0.29) is 5.25 Å². The molecule has 1 unspecified atom stereocenters. The van der Waals surface area contributed by atoms with Crippen molar-refractivity contribution in [3.63, 3.8) is 0 Å². The van der Waals surface area contributed by atoms with Crippen LogP contribution in [-0.2, 0) is 6.42 Å². The van der Waals surface area contributed by atoms with Crippen LogP contribution < -0.4 is 0 Å². The summed E-state index contributed by atoms with van der Waals surface area (Å²) >= 11 is 9.21. The molecule has 4 nitrogen and oxygen atoms in total. The maximum absolute atomic E-state index is 6.05. The molecule has 0 radical (unpaired) electrons. The van der Waals surface area contributed by atoms with Crippen molar-refractivity contribution in [2.45, 2.75) is 23.8 Å². The summed E-state index contributed by atoms with van der Waals surface area (Å²) in [5.74, 6) is 0.575. The minimum Gasteiger partial charge on any atom is -0.416 e. The number of aromatic nitrogens is 3. The van der Waals surface area contributed by atoms with Gasteiger partial charge in [-0.05, 0) is 30.2 Å². The number of hydrogen-bond donors (Lipinski definition) is 0. The molecule has 4 aromatic rings. The third kappa shape index (κ3) is 4.58. The standard InChI is InChI=1S/C20H16ClN3OS2/c1-13-22-17(12-26-13)11-18-23-24-20(25-18)27-19(14-5-3-2-4-6-14)15-7-9-16(21)10-8-15/h2-10,12,19H,11H2,1H3. The highest BCUT2D eigenvalue weighted by Crippen LogP contribution is 2.40. The van der Waals surface area contributed by atoms with Crippen LogP contribution in [0.3, 0.4) is 0 Å². The van der Waals surface area contributed by atoms with Gasteiger partial charge in [-0.25, -0.2) is 4.98 Å². The summed E-state index contributed by atoms with van der Waals surface area (Å²) < 4.78 is 5.87. The van der Waals surface area contributed by atoms with Crippen LogP contribution in [0.25, 0.3) is 0 Å². The monoisotopic (exact) mass is 413 g/mol. The summed E-state index contributed by atoms with van der Waals surface area (Å²) in [5.41, 5.74) is 3.25. The molecule has 4 rings (SSSR count). The van der Waals surface area contributed by atoms with Crippen LogP contribution in [0, 0.1) is 6.92 Å². The average Bonchev–Trinajstić information content (AvgIpc) is 3.30. The molecule has 0 N–H and O–H groups in total. The molecular weight excluding hydrogens is 398 g/mol. The molecule has 2 heterocycles. The van der Waals surface area contributed by atoms with Crippen molar-refractivity contribution in [1.82, 2.24) is 15.2 Å². The average molecular weight is 414 g/mol. The summed E-state index contributed by atoms with van der Waals surface area (Å²) in [6.07, 6.45) is 0.550. The lowest BCUT2D eigenvalue weighted by Gasteiger charge is -2.15. The number of hydrogen-bond acceptors (Lipinski definition) is 6. The minimum absolute atomic E-state index is 0.0401. The van der Waals surface area contributed by atoms with Gasteiger partial charge >= 0.3 is 0 Å². The Morgan fingerprint density at radius 1 is 1.04 bits per heavy atom. The van der Waals surface area contributed by atoms with Crippen LogP contribution in [-0.4, -0.2) is 15.2 Å². The number of thiazole rings is 1. The smallest absolute Gasteiger partial charge is 0.277 e. The van der Waals surface area contributed by atoms with Crippen molar-refractivity contribution >= 4 is 34.7 Å². The fraction of sp³-hybridized carbons (Fsp3) is 0.150. The van der Waals surface area contributed by atoms with E-state index in [4.69, 9.17) is 16.0 Å². The zero-order chi connectivity index (χ0) is 18.6. The maximum Gasteiger partial charge on any atom is 0.277 e. The van der Waals surface area contributed by atoms with Crippen molar-refractivity contribution in [2.24, 2.45) is 0 Å². The minimum atomic E-state index is 0.0401. The first-order valence-corrected chi connectivity index (χ1v) is 10.5. The number of halogens is 1. The lowest BCUT2D eigenvalue weighted by molar-refractivity contribution is 0.419. The second-order valence-electron chi connectivity index (χ2n) is 5.96. The Bertz CT molecular complexity index is 1020. The van der Waals surface area contributed by atoms with E-state index in [1.807, 2.05) is 54.8 Å². The second-order valence-corrected chi connectivity index (χ2v) is 8.51. The highest BCUT2D eigenvalue weighted by atomic mass is 35.5. The van der Waals surface area contributed by atoms with Gasteiger partial charge in [0.05, 0.1) is 22.4 Å². The number of rotatable bonds is 6. The maximum atomic E-state index is 6.05. The number of aryl methyl sites for hydroxylation is 1. The van der Waals surface area contributed by atoms with Crippen molar-refractivity contribution in [2.75, 3.05) is 0 Å². The highest BCUT2D eigenvalue weighted by Gasteiger charge is 2.20. The van der Waals surface area contributed by atoms with Gasteiger partial charge in [-0.1, -0.05) is 65.8 Å². The summed E-state index contributed by atoms with van der Waals surface area (Å²) in [6.45, 7) is 1.99. The lowest BCUT2D eigenvalue weighted by atomic mass is 10.0. The Hall–Kier alpha value is -2.15. The van der Waals surface area contributed by atoms with Gasteiger partial charge in [0.1, 0.15) is 0 Å². The predicted octanol–water partition coefficient (Wildman–Crippen LogP) is 5.96. The van der Waals surface area contributed by atoms with Gasteiger partial charge in [-0.2, -0.15) is 0 Å². The zero-order valence-electron chi connectivity index (χ0n) is 14.5. The Labute approximate surface area is 170 Å². The Kier molecular flexibility index (Phi) is 5.57. The van der Waals surface area contributed by atoms with Crippen LogP contribution in [0.2, 0.25) is 5.02 Å². The third-order valence-corrected chi connectivity index (χ3v) is 6.16. The van der Waals surface area contributed by atoms with Gasteiger partial charge < -0.3 is 4.42 Å². The molecule has 7 heteroatoms. The topological polar surface area (TPSA) is 51.8 Å². The van der Waals surface area contributed by atoms with Crippen molar-refractivity contribution in [1.29, 1.82) is 0 Å². The number of thioether (sulfide) groups is 1. The van der Waals surface area contributed by atoms with Gasteiger partial charge in [0.15, 0.2) is 0 Å². The molecule has 0 saturated heterocycles. The lowest BCUT2D eigenvalue weighted by Crippen LogP contribution is -1.96. The molecule has 27 heavy (non-hydrogen) atoms. The van der Waals surface area contributed by atoms with E-state index < -0.39 is 0 Å². The molecule has 1 atom stereocenters. The molecule has 0 saturated carbocycles. The van der Waals surface area contributed by atoms with Gasteiger partial charge in [0, 0.05) is 10.4 Å². The first kappa shape index (κ1) is 18.2. The Balaban J connectivity index is 1.57. The molecule has 2 aromatic carbocycles. The van der Waals surface area contributed by atoms with E-state index in [1.165, 1.54) is 17.3 Å². The first-order chi connectivity index (χ1) is 13.2. The fourth-order valence-electron chi connectivity index (χ4n) is 2.70. The molecule has 0 fully saturated rings. The van der Waals surface area contributed by atoms with Crippen molar-refractivity contribution in [3.8, 4) is 0 Å². The third-order valence-electron chi connectivity index (χ3n) is 3.94. The van der Waals surface area contributed by atoms with Crippen LogP contribution in [0.5, 0.6) is 0 Å². The van der Waals surface area contributed by atoms with Crippen LogP contribution in [0.1, 0.15) is 33.0 Å². The van der Waals surface area contributed by atoms with Gasteiger partial charge in [-0.3, -0.25) is 0 Å². The molecule has 136 valence electrons.